The molecule has 0 radical (unpaired) electrons. The summed E-state index contributed by atoms with van der Waals surface area (Å²) in [5.41, 5.74) is 0. The molecule has 1 amide bonds. The smallest absolute Gasteiger partial charge is 0.306 e. The largest absolute Gasteiger partial charge is 0.466 e. The molecule has 0 aromatic carbocycles. The van der Waals surface area contributed by atoms with Crippen molar-refractivity contribution >= 4 is 11.9 Å². The first-order valence-electron chi connectivity index (χ1n) is 6.82. The van der Waals surface area contributed by atoms with E-state index in [9.17, 15) is 9.59 Å². The monoisotopic (exact) mass is 272 g/mol. The summed E-state index contributed by atoms with van der Waals surface area (Å²) in [6.45, 7) is 5.51. The fourth-order valence-electron chi connectivity index (χ4n) is 2.48. The van der Waals surface area contributed by atoms with Gasteiger partial charge in [-0.15, -0.1) is 0 Å². The van der Waals surface area contributed by atoms with Crippen LogP contribution in [0.4, 0.5) is 0 Å². The van der Waals surface area contributed by atoms with Gasteiger partial charge >= 0.3 is 5.97 Å². The van der Waals surface area contributed by atoms with Gasteiger partial charge in [0.1, 0.15) is 0 Å². The lowest BCUT2D eigenvalue weighted by Gasteiger charge is -2.37. The number of esters is 1. The summed E-state index contributed by atoms with van der Waals surface area (Å²) in [7, 11) is 0. The van der Waals surface area contributed by atoms with Crippen LogP contribution in [-0.2, 0) is 14.3 Å². The Balaban J connectivity index is 2.54. The summed E-state index contributed by atoms with van der Waals surface area (Å²) in [5.74, 6) is -0.0731. The number of aliphatic hydroxyl groups is 1. The molecule has 2 N–H and O–H groups in total. The van der Waals surface area contributed by atoms with Crippen LogP contribution in [-0.4, -0.2) is 60.8 Å². The Morgan fingerprint density at radius 2 is 2.16 bits per heavy atom. The Kier molecular flexibility index (Phi) is 6.80. The maximum absolute atomic E-state index is 11.5. The molecule has 0 aromatic rings. The van der Waals surface area contributed by atoms with Crippen molar-refractivity contribution in [2.24, 2.45) is 5.92 Å². The SMILES string of the molecule is CCOC(=O)CC1CC(NCCO)CN(C(C)=O)C1. The van der Waals surface area contributed by atoms with Crippen molar-refractivity contribution in [3.8, 4) is 0 Å². The minimum atomic E-state index is -0.209. The Morgan fingerprint density at radius 1 is 1.42 bits per heavy atom. The van der Waals surface area contributed by atoms with Crippen molar-refractivity contribution in [1.82, 2.24) is 10.2 Å². The average Bonchev–Trinajstić information content (AvgIpc) is 2.36. The van der Waals surface area contributed by atoms with E-state index in [0.717, 1.165) is 6.42 Å². The van der Waals surface area contributed by atoms with Crippen LogP contribution >= 0.6 is 0 Å². The van der Waals surface area contributed by atoms with Crippen LogP contribution in [0.2, 0.25) is 0 Å². The maximum atomic E-state index is 11.5. The predicted molar refractivity (Wildman–Crippen MR) is 70.5 cm³/mol. The summed E-state index contributed by atoms with van der Waals surface area (Å²) in [6, 6.07) is 0.129. The third kappa shape index (κ3) is 5.57. The van der Waals surface area contributed by atoms with Crippen LogP contribution in [0.15, 0.2) is 0 Å². The van der Waals surface area contributed by atoms with Gasteiger partial charge in [-0.3, -0.25) is 9.59 Å². The molecule has 2 unspecified atom stereocenters. The summed E-state index contributed by atoms with van der Waals surface area (Å²) in [4.78, 5) is 24.8. The van der Waals surface area contributed by atoms with Gasteiger partial charge in [-0.05, 0) is 19.3 Å². The first kappa shape index (κ1) is 15.9. The molecule has 6 heteroatoms. The highest BCUT2D eigenvalue weighted by Crippen LogP contribution is 2.20. The first-order valence-corrected chi connectivity index (χ1v) is 6.82. The van der Waals surface area contributed by atoms with Crippen LogP contribution < -0.4 is 5.32 Å². The van der Waals surface area contributed by atoms with Crippen molar-refractivity contribution < 1.29 is 19.4 Å². The van der Waals surface area contributed by atoms with Gasteiger partial charge in [-0.25, -0.2) is 0 Å². The highest BCUT2D eigenvalue weighted by atomic mass is 16.5. The number of hydrogen-bond acceptors (Lipinski definition) is 5. The first-order chi connectivity index (χ1) is 9.06. The lowest BCUT2D eigenvalue weighted by molar-refractivity contribution is -0.145. The summed E-state index contributed by atoms with van der Waals surface area (Å²) in [5, 5.41) is 12.0. The van der Waals surface area contributed by atoms with Crippen LogP contribution in [0.25, 0.3) is 0 Å². The number of carbonyl (C=O) groups is 2. The van der Waals surface area contributed by atoms with Gasteiger partial charge in [0.15, 0.2) is 0 Å². The number of nitrogens with zero attached hydrogens (tertiary/aromatic N) is 1. The van der Waals surface area contributed by atoms with E-state index < -0.39 is 0 Å². The average molecular weight is 272 g/mol. The molecule has 0 aliphatic carbocycles. The molecular formula is C13H24N2O4. The molecule has 2 atom stereocenters. The number of rotatable bonds is 6. The van der Waals surface area contributed by atoms with Gasteiger partial charge in [-0.1, -0.05) is 0 Å². The second kappa shape index (κ2) is 8.12. The molecule has 1 fully saturated rings. The molecule has 0 spiro atoms. The standard InChI is InChI=1S/C13H24N2O4/c1-3-19-13(18)7-11-6-12(14-4-5-16)9-15(8-11)10(2)17/h11-12,14,16H,3-9H2,1-2H3. The molecule has 1 aliphatic heterocycles. The van der Waals surface area contributed by atoms with Crippen LogP contribution in [0.3, 0.4) is 0 Å². The van der Waals surface area contributed by atoms with Crippen molar-refractivity contribution in [2.45, 2.75) is 32.7 Å². The van der Waals surface area contributed by atoms with E-state index in [2.05, 4.69) is 5.32 Å². The molecule has 0 bridgehead atoms. The molecule has 1 heterocycles. The number of hydrogen-bond donors (Lipinski definition) is 2. The van der Waals surface area contributed by atoms with Crippen molar-refractivity contribution in [1.29, 1.82) is 0 Å². The molecule has 6 nitrogen and oxygen atoms in total. The fourth-order valence-corrected chi connectivity index (χ4v) is 2.48. The molecule has 1 rings (SSSR count). The minimum Gasteiger partial charge on any atom is -0.466 e. The van der Waals surface area contributed by atoms with E-state index in [1.165, 1.54) is 6.92 Å². The van der Waals surface area contributed by atoms with Crippen LogP contribution in [0, 0.1) is 5.92 Å². The molecule has 0 saturated carbocycles. The topological polar surface area (TPSA) is 78.9 Å². The van der Waals surface area contributed by atoms with Gasteiger partial charge in [0.25, 0.3) is 0 Å². The van der Waals surface area contributed by atoms with E-state index in [1.54, 1.807) is 11.8 Å². The van der Waals surface area contributed by atoms with Crippen LogP contribution in [0.1, 0.15) is 26.7 Å². The highest BCUT2D eigenvalue weighted by molar-refractivity contribution is 5.74. The molecule has 0 aromatic heterocycles. The fraction of sp³-hybridized carbons (Fsp3) is 0.846. The second-order valence-corrected chi connectivity index (χ2v) is 4.91. The van der Waals surface area contributed by atoms with E-state index >= 15 is 0 Å². The minimum absolute atomic E-state index is 0.0179. The van der Waals surface area contributed by atoms with Gasteiger partial charge in [-0.2, -0.15) is 0 Å². The second-order valence-electron chi connectivity index (χ2n) is 4.91. The van der Waals surface area contributed by atoms with Crippen molar-refractivity contribution in [3.05, 3.63) is 0 Å². The number of piperidine rings is 1. The Bertz CT molecular complexity index is 309. The van der Waals surface area contributed by atoms with Gasteiger partial charge in [0.2, 0.25) is 5.91 Å². The lowest BCUT2D eigenvalue weighted by Crippen LogP contribution is -2.51. The van der Waals surface area contributed by atoms with E-state index in [-0.39, 0.29) is 30.4 Å². The highest BCUT2D eigenvalue weighted by Gasteiger charge is 2.29. The summed E-state index contributed by atoms with van der Waals surface area (Å²) < 4.78 is 4.95. The van der Waals surface area contributed by atoms with Crippen molar-refractivity contribution in [2.75, 3.05) is 32.8 Å². The van der Waals surface area contributed by atoms with E-state index in [0.29, 0.717) is 32.7 Å². The number of ether oxygens (including phenoxy) is 1. The Labute approximate surface area is 114 Å². The number of aliphatic hydroxyl groups excluding tert-OH is 1. The van der Waals surface area contributed by atoms with Gasteiger partial charge in [0, 0.05) is 32.6 Å². The number of likely N-dealkylation sites (tertiary alicyclic amines) is 1. The quantitative estimate of drug-likeness (QED) is 0.652. The number of nitrogens with one attached hydrogen (secondary N) is 1. The van der Waals surface area contributed by atoms with Gasteiger partial charge < -0.3 is 20.1 Å². The summed E-state index contributed by atoms with van der Waals surface area (Å²) >= 11 is 0. The van der Waals surface area contributed by atoms with Crippen LogP contribution in [0.5, 0.6) is 0 Å². The third-order valence-electron chi connectivity index (χ3n) is 3.29. The molecular weight excluding hydrogens is 248 g/mol. The van der Waals surface area contributed by atoms with E-state index in [4.69, 9.17) is 9.84 Å². The van der Waals surface area contributed by atoms with Gasteiger partial charge in [0.05, 0.1) is 19.6 Å². The summed E-state index contributed by atoms with van der Waals surface area (Å²) in [6.07, 6.45) is 1.16. The Morgan fingerprint density at radius 3 is 2.74 bits per heavy atom. The Hall–Kier alpha value is -1.14. The third-order valence-corrected chi connectivity index (χ3v) is 3.29. The zero-order valence-electron chi connectivity index (χ0n) is 11.7. The molecule has 1 saturated heterocycles. The zero-order valence-corrected chi connectivity index (χ0v) is 11.7. The van der Waals surface area contributed by atoms with Crippen molar-refractivity contribution in [3.63, 3.8) is 0 Å². The zero-order chi connectivity index (χ0) is 14.3. The maximum Gasteiger partial charge on any atom is 0.306 e. The lowest BCUT2D eigenvalue weighted by atomic mass is 9.91. The molecule has 110 valence electrons. The number of amides is 1. The van der Waals surface area contributed by atoms with E-state index in [1.807, 2.05) is 0 Å². The predicted octanol–water partition coefficient (Wildman–Crippen LogP) is -0.241. The molecule has 1 aliphatic rings. The number of carbonyl (C=O) groups excluding carboxylic acids is 2. The molecule has 19 heavy (non-hydrogen) atoms. The normalized spacial score (nSPS) is 23.2.